The minimum Gasteiger partial charge on any atom is -0.493 e. The molecule has 0 unspecified atom stereocenters. The molecule has 0 aliphatic rings. The molecule has 1 N–H and O–H groups in total. The monoisotopic (exact) mass is 248 g/mol. The average molecular weight is 248 g/mol. The third-order valence-electron chi connectivity index (χ3n) is 2.52. The van der Waals surface area contributed by atoms with E-state index in [1.807, 2.05) is 19.3 Å². The van der Waals surface area contributed by atoms with Gasteiger partial charge in [-0.05, 0) is 0 Å². The molecule has 0 aromatic carbocycles. The first-order chi connectivity index (χ1) is 8.74. The Balaban J connectivity index is 2.13. The summed E-state index contributed by atoms with van der Waals surface area (Å²) in [5.74, 6) is 2.11. The number of aromatic nitrogens is 3. The number of nitrogens with zero attached hydrogens (tertiary/aromatic N) is 3. The Hall–Kier alpha value is -2.24. The number of anilines is 1. The Morgan fingerprint density at radius 2 is 2.11 bits per heavy atom. The van der Waals surface area contributed by atoms with Gasteiger partial charge in [0.05, 0.1) is 20.8 Å². The van der Waals surface area contributed by atoms with E-state index in [1.165, 1.54) is 0 Å². The van der Waals surface area contributed by atoms with E-state index < -0.39 is 0 Å². The van der Waals surface area contributed by atoms with Crippen molar-refractivity contribution < 1.29 is 9.47 Å². The minimum absolute atomic E-state index is 0.525. The molecule has 2 aromatic heterocycles. The maximum Gasteiger partial charge on any atom is 0.184 e. The fourth-order valence-corrected chi connectivity index (χ4v) is 1.66. The summed E-state index contributed by atoms with van der Waals surface area (Å²) in [6.07, 6.45) is 3.56. The van der Waals surface area contributed by atoms with Crippen LogP contribution in [0.15, 0.2) is 24.5 Å². The summed E-state index contributed by atoms with van der Waals surface area (Å²) in [4.78, 5) is 4.28. The van der Waals surface area contributed by atoms with Gasteiger partial charge in [0.2, 0.25) is 0 Å². The molecule has 0 atom stereocenters. The van der Waals surface area contributed by atoms with Gasteiger partial charge >= 0.3 is 0 Å². The van der Waals surface area contributed by atoms with Crippen molar-refractivity contribution >= 4 is 5.82 Å². The van der Waals surface area contributed by atoms with Gasteiger partial charge in [-0.15, -0.1) is 0 Å². The van der Waals surface area contributed by atoms with Crippen LogP contribution >= 0.6 is 0 Å². The zero-order chi connectivity index (χ0) is 13.0. The van der Waals surface area contributed by atoms with Crippen molar-refractivity contribution in [3.63, 3.8) is 0 Å². The van der Waals surface area contributed by atoms with E-state index in [9.17, 15) is 0 Å². The van der Waals surface area contributed by atoms with Crippen molar-refractivity contribution in [3.05, 3.63) is 30.2 Å². The number of pyridine rings is 1. The third-order valence-corrected chi connectivity index (χ3v) is 2.52. The van der Waals surface area contributed by atoms with Crippen LogP contribution in [0.5, 0.6) is 11.5 Å². The molecule has 6 nitrogen and oxygen atoms in total. The van der Waals surface area contributed by atoms with Crippen LogP contribution < -0.4 is 14.8 Å². The molecule has 0 bridgehead atoms. The highest BCUT2D eigenvalue weighted by molar-refractivity contribution is 5.44. The lowest BCUT2D eigenvalue weighted by Crippen LogP contribution is -2.05. The molecule has 18 heavy (non-hydrogen) atoms. The Morgan fingerprint density at radius 1 is 1.28 bits per heavy atom. The SMILES string of the molecule is COc1ccnc(CNc2ccn(C)n2)c1OC. The lowest BCUT2D eigenvalue weighted by Gasteiger charge is -2.11. The molecule has 0 aliphatic heterocycles. The van der Waals surface area contributed by atoms with E-state index in [2.05, 4.69) is 15.4 Å². The van der Waals surface area contributed by atoms with Crippen LogP contribution in [0, 0.1) is 0 Å². The van der Waals surface area contributed by atoms with Gasteiger partial charge in [0.15, 0.2) is 11.5 Å². The Kier molecular flexibility index (Phi) is 3.66. The number of hydrogen-bond acceptors (Lipinski definition) is 5. The number of methoxy groups -OCH3 is 2. The highest BCUT2D eigenvalue weighted by Gasteiger charge is 2.10. The molecule has 0 spiro atoms. The lowest BCUT2D eigenvalue weighted by molar-refractivity contribution is 0.350. The molecule has 6 heteroatoms. The number of ether oxygens (including phenoxy) is 2. The van der Waals surface area contributed by atoms with Gasteiger partial charge in [-0.2, -0.15) is 5.10 Å². The maximum absolute atomic E-state index is 5.31. The molecule has 0 saturated carbocycles. The van der Waals surface area contributed by atoms with Crippen LogP contribution in [0.3, 0.4) is 0 Å². The second-order valence-corrected chi connectivity index (χ2v) is 3.72. The lowest BCUT2D eigenvalue weighted by atomic mass is 10.3. The van der Waals surface area contributed by atoms with Gasteiger partial charge in [-0.25, -0.2) is 0 Å². The second-order valence-electron chi connectivity index (χ2n) is 3.72. The van der Waals surface area contributed by atoms with E-state index in [-0.39, 0.29) is 0 Å². The topological polar surface area (TPSA) is 61.2 Å². The molecular formula is C12H16N4O2. The van der Waals surface area contributed by atoms with Crippen molar-refractivity contribution in [2.24, 2.45) is 7.05 Å². The molecule has 0 aliphatic carbocycles. The van der Waals surface area contributed by atoms with Crippen LogP contribution in [-0.4, -0.2) is 29.0 Å². The maximum atomic E-state index is 5.31. The largest absolute Gasteiger partial charge is 0.493 e. The predicted octanol–water partition coefficient (Wildman–Crippen LogP) is 1.44. The number of rotatable bonds is 5. The quantitative estimate of drug-likeness (QED) is 0.867. The van der Waals surface area contributed by atoms with E-state index >= 15 is 0 Å². The first-order valence-electron chi connectivity index (χ1n) is 5.54. The summed E-state index contributed by atoms with van der Waals surface area (Å²) >= 11 is 0. The van der Waals surface area contributed by atoms with Crippen LogP contribution in [0.25, 0.3) is 0 Å². The molecule has 2 aromatic rings. The van der Waals surface area contributed by atoms with Gasteiger partial charge in [0, 0.05) is 31.6 Å². The van der Waals surface area contributed by atoms with Gasteiger partial charge in [0.25, 0.3) is 0 Å². The fourth-order valence-electron chi connectivity index (χ4n) is 1.66. The second kappa shape index (κ2) is 5.39. The van der Waals surface area contributed by atoms with Gasteiger partial charge in [-0.3, -0.25) is 9.67 Å². The third kappa shape index (κ3) is 2.53. The van der Waals surface area contributed by atoms with E-state index in [0.29, 0.717) is 18.0 Å². The Bertz CT molecular complexity index is 525. The molecular weight excluding hydrogens is 232 g/mol. The summed E-state index contributed by atoms with van der Waals surface area (Å²) in [6.45, 7) is 0.525. The molecule has 0 radical (unpaired) electrons. The molecule has 96 valence electrons. The van der Waals surface area contributed by atoms with Crippen LogP contribution in [0.2, 0.25) is 0 Å². The zero-order valence-corrected chi connectivity index (χ0v) is 10.7. The van der Waals surface area contributed by atoms with Crippen LogP contribution in [-0.2, 0) is 13.6 Å². The summed E-state index contributed by atoms with van der Waals surface area (Å²) in [6, 6.07) is 3.66. The summed E-state index contributed by atoms with van der Waals surface area (Å²) in [7, 11) is 5.08. The van der Waals surface area contributed by atoms with E-state index in [0.717, 1.165) is 11.5 Å². The summed E-state index contributed by atoms with van der Waals surface area (Å²) in [5.41, 5.74) is 0.780. The van der Waals surface area contributed by atoms with Crippen molar-refractivity contribution in [2.75, 3.05) is 19.5 Å². The van der Waals surface area contributed by atoms with Gasteiger partial charge in [0.1, 0.15) is 11.5 Å². The van der Waals surface area contributed by atoms with E-state index in [4.69, 9.17) is 9.47 Å². The smallest absolute Gasteiger partial charge is 0.184 e. The van der Waals surface area contributed by atoms with Crippen molar-refractivity contribution in [2.45, 2.75) is 6.54 Å². The van der Waals surface area contributed by atoms with Crippen molar-refractivity contribution in [1.29, 1.82) is 0 Å². The molecule has 0 saturated heterocycles. The first-order valence-corrected chi connectivity index (χ1v) is 5.54. The van der Waals surface area contributed by atoms with E-state index in [1.54, 1.807) is 31.2 Å². The summed E-state index contributed by atoms with van der Waals surface area (Å²) < 4.78 is 12.3. The minimum atomic E-state index is 0.525. The van der Waals surface area contributed by atoms with Crippen LogP contribution in [0.4, 0.5) is 5.82 Å². The standard InChI is InChI=1S/C12H16N4O2/c1-16-7-5-11(15-16)14-8-9-12(18-3)10(17-2)4-6-13-9/h4-7H,8H2,1-3H3,(H,14,15). The predicted molar refractivity (Wildman–Crippen MR) is 67.9 cm³/mol. The Labute approximate surface area is 106 Å². The van der Waals surface area contributed by atoms with Crippen molar-refractivity contribution in [1.82, 2.24) is 14.8 Å². The highest BCUT2D eigenvalue weighted by atomic mass is 16.5. The molecule has 0 fully saturated rings. The average Bonchev–Trinajstić information content (AvgIpc) is 2.81. The number of hydrogen-bond donors (Lipinski definition) is 1. The van der Waals surface area contributed by atoms with Crippen molar-refractivity contribution in [3.8, 4) is 11.5 Å². The zero-order valence-electron chi connectivity index (χ0n) is 10.7. The van der Waals surface area contributed by atoms with Gasteiger partial charge < -0.3 is 14.8 Å². The normalized spacial score (nSPS) is 10.2. The molecule has 0 amide bonds. The Morgan fingerprint density at radius 3 is 2.72 bits per heavy atom. The molecule has 2 heterocycles. The van der Waals surface area contributed by atoms with Crippen LogP contribution in [0.1, 0.15) is 5.69 Å². The summed E-state index contributed by atoms with van der Waals surface area (Å²) in [5, 5.41) is 7.41. The number of aryl methyl sites for hydroxylation is 1. The number of nitrogens with one attached hydrogen (secondary N) is 1. The first kappa shape index (κ1) is 12.2. The van der Waals surface area contributed by atoms with Gasteiger partial charge in [-0.1, -0.05) is 0 Å². The highest BCUT2D eigenvalue weighted by Crippen LogP contribution is 2.29. The fraction of sp³-hybridized carbons (Fsp3) is 0.333. The molecule has 2 rings (SSSR count).